The van der Waals surface area contributed by atoms with Crippen LogP contribution in [-0.2, 0) is 16.0 Å². The molecule has 0 heterocycles. The number of carbonyl (C=O) groups is 2. The van der Waals surface area contributed by atoms with Gasteiger partial charge in [-0.1, -0.05) is 30.3 Å². The average molecular weight is 251 g/mol. The zero-order valence-electron chi connectivity index (χ0n) is 10.0. The van der Waals surface area contributed by atoms with Gasteiger partial charge in [-0.25, -0.2) is 4.79 Å². The van der Waals surface area contributed by atoms with Gasteiger partial charge in [0, 0.05) is 19.4 Å². The molecule has 1 aromatic carbocycles. The molecule has 0 saturated heterocycles. The van der Waals surface area contributed by atoms with Crippen LogP contribution in [0.25, 0.3) is 0 Å². The molecule has 0 aliphatic rings. The molecule has 0 unspecified atom stereocenters. The smallest absolute Gasteiger partial charge is 0.326 e. The summed E-state index contributed by atoms with van der Waals surface area (Å²) in [5.41, 5.74) is 1.03. The van der Waals surface area contributed by atoms with E-state index < -0.39 is 12.0 Å². The topological polar surface area (TPSA) is 86.6 Å². The lowest BCUT2D eigenvalue weighted by Crippen LogP contribution is -2.41. The molecule has 0 saturated carbocycles. The van der Waals surface area contributed by atoms with E-state index in [0.717, 1.165) is 5.56 Å². The van der Waals surface area contributed by atoms with Crippen molar-refractivity contribution in [1.29, 1.82) is 0 Å². The number of aliphatic hydroxyl groups is 1. The van der Waals surface area contributed by atoms with E-state index in [-0.39, 0.29) is 25.4 Å². The first-order valence-corrected chi connectivity index (χ1v) is 5.80. The van der Waals surface area contributed by atoms with Crippen molar-refractivity contribution in [2.24, 2.45) is 0 Å². The monoisotopic (exact) mass is 251 g/mol. The van der Waals surface area contributed by atoms with Crippen molar-refractivity contribution in [2.45, 2.75) is 25.3 Å². The molecule has 0 bridgehead atoms. The van der Waals surface area contributed by atoms with Crippen LogP contribution in [0.4, 0.5) is 0 Å². The fourth-order valence-corrected chi connectivity index (χ4v) is 1.56. The lowest BCUT2D eigenvalue weighted by atomic mass is 10.1. The molecule has 0 aromatic heterocycles. The first-order chi connectivity index (χ1) is 8.63. The van der Waals surface area contributed by atoms with E-state index in [0.29, 0.717) is 6.42 Å². The van der Waals surface area contributed by atoms with Crippen molar-refractivity contribution in [3.8, 4) is 0 Å². The van der Waals surface area contributed by atoms with Crippen LogP contribution in [0.3, 0.4) is 0 Å². The summed E-state index contributed by atoms with van der Waals surface area (Å²) in [5.74, 6) is -1.45. The van der Waals surface area contributed by atoms with E-state index in [1.807, 2.05) is 30.3 Å². The van der Waals surface area contributed by atoms with Gasteiger partial charge in [-0.3, -0.25) is 4.79 Å². The molecule has 98 valence electrons. The lowest BCUT2D eigenvalue weighted by molar-refractivity contribution is -0.142. The van der Waals surface area contributed by atoms with Gasteiger partial charge in [0.05, 0.1) is 0 Å². The molecule has 1 atom stereocenters. The highest BCUT2D eigenvalue weighted by molar-refractivity contribution is 5.83. The summed E-state index contributed by atoms with van der Waals surface area (Å²) in [7, 11) is 0. The van der Waals surface area contributed by atoms with Gasteiger partial charge in [0.2, 0.25) is 5.91 Å². The van der Waals surface area contributed by atoms with E-state index in [1.54, 1.807) is 0 Å². The third-order valence-corrected chi connectivity index (χ3v) is 2.53. The van der Waals surface area contributed by atoms with Gasteiger partial charge in [-0.15, -0.1) is 0 Å². The third-order valence-electron chi connectivity index (χ3n) is 2.53. The molecule has 1 aromatic rings. The van der Waals surface area contributed by atoms with E-state index in [1.165, 1.54) is 0 Å². The summed E-state index contributed by atoms with van der Waals surface area (Å²) in [6.45, 7) is -0.268. The van der Waals surface area contributed by atoms with Crippen LogP contribution in [0.15, 0.2) is 30.3 Å². The predicted octanol–water partition coefficient (Wildman–Crippen LogP) is 0.571. The van der Waals surface area contributed by atoms with Crippen molar-refractivity contribution in [3.63, 3.8) is 0 Å². The Morgan fingerprint density at radius 1 is 1.22 bits per heavy atom. The first kappa shape index (κ1) is 14.2. The van der Waals surface area contributed by atoms with Crippen molar-refractivity contribution >= 4 is 11.9 Å². The number of benzene rings is 1. The average Bonchev–Trinajstić information content (AvgIpc) is 2.37. The summed E-state index contributed by atoms with van der Waals surface area (Å²) in [6.07, 6.45) is 0.823. The second-order valence-electron chi connectivity index (χ2n) is 3.96. The van der Waals surface area contributed by atoms with Crippen molar-refractivity contribution in [3.05, 3.63) is 35.9 Å². The zero-order valence-corrected chi connectivity index (χ0v) is 10.0. The summed E-state index contributed by atoms with van der Waals surface area (Å²) >= 11 is 0. The molecule has 0 spiro atoms. The maximum atomic E-state index is 11.5. The summed E-state index contributed by atoms with van der Waals surface area (Å²) in [6, 6.07) is 8.48. The third kappa shape index (κ3) is 4.97. The second-order valence-corrected chi connectivity index (χ2v) is 3.96. The molecule has 0 aliphatic carbocycles. The van der Waals surface area contributed by atoms with Gasteiger partial charge in [0.1, 0.15) is 6.04 Å². The van der Waals surface area contributed by atoms with Crippen LogP contribution in [0.1, 0.15) is 18.4 Å². The van der Waals surface area contributed by atoms with Crippen LogP contribution in [0.5, 0.6) is 0 Å². The maximum absolute atomic E-state index is 11.5. The summed E-state index contributed by atoms with van der Waals surface area (Å²) < 4.78 is 0. The Labute approximate surface area is 105 Å². The highest BCUT2D eigenvalue weighted by Gasteiger charge is 2.18. The molecule has 0 fully saturated rings. The summed E-state index contributed by atoms with van der Waals surface area (Å²) in [5, 5.41) is 19.9. The van der Waals surface area contributed by atoms with Crippen molar-refractivity contribution in [2.75, 3.05) is 6.61 Å². The maximum Gasteiger partial charge on any atom is 0.326 e. The normalized spacial score (nSPS) is 11.8. The van der Waals surface area contributed by atoms with E-state index in [2.05, 4.69) is 5.32 Å². The Bertz CT molecular complexity index is 391. The van der Waals surface area contributed by atoms with Crippen LogP contribution >= 0.6 is 0 Å². The number of hydrogen-bond acceptors (Lipinski definition) is 3. The molecule has 3 N–H and O–H groups in total. The van der Waals surface area contributed by atoms with E-state index >= 15 is 0 Å². The molecule has 0 radical (unpaired) electrons. The van der Waals surface area contributed by atoms with Crippen LogP contribution in [-0.4, -0.2) is 34.7 Å². The minimum atomic E-state index is -1.13. The minimum Gasteiger partial charge on any atom is -0.480 e. The molecular formula is C13H17NO4. The second kappa shape index (κ2) is 7.45. The fraction of sp³-hybridized carbons (Fsp3) is 0.385. The molecule has 5 nitrogen and oxygen atoms in total. The number of hydrogen-bond donors (Lipinski definition) is 3. The number of aliphatic carboxylic acids is 1. The fourth-order valence-electron chi connectivity index (χ4n) is 1.56. The number of aryl methyl sites for hydroxylation is 1. The van der Waals surface area contributed by atoms with Crippen LogP contribution < -0.4 is 5.32 Å². The highest BCUT2D eigenvalue weighted by Crippen LogP contribution is 2.02. The standard InChI is InChI=1S/C13H17NO4/c15-9-8-11(13(17)18)14-12(16)7-6-10-4-2-1-3-5-10/h1-5,11,15H,6-9H2,(H,14,16)(H,17,18)/t11-/m0/s1. The summed E-state index contributed by atoms with van der Waals surface area (Å²) in [4.78, 5) is 22.3. The largest absolute Gasteiger partial charge is 0.480 e. The van der Waals surface area contributed by atoms with Crippen molar-refractivity contribution < 1.29 is 19.8 Å². The molecule has 18 heavy (non-hydrogen) atoms. The molecule has 1 rings (SSSR count). The van der Waals surface area contributed by atoms with Gasteiger partial charge in [-0.05, 0) is 12.0 Å². The number of carbonyl (C=O) groups excluding carboxylic acids is 1. The molecular weight excluding hydrogens is 234 g/mol. The van der Waals surface area contributed by atoms with Gasteiger partial charge in [0.25, 0.3) is 0 Å². The lowest BCUT2D eigenvalue weighted by Gasteiger charge is -2.13. The number of carboxylic acid groups (broad SMARTS) is 1. The first-order valence-electron chi connectivity index (χ1n) is 5.80. The predicted molar refractivity (Wildman–Crippen MR) is 66.0 cm³/mol. The van der Waals surface area contributed by atoms with Gasteiger partial charge in [0.15, 0.2) is 0 Å². The minimum absolute atomic E-state index is 0.0202. The number of aliphatic hydroxyl groups excluding tert-OH is 1. The Balaban J connectivity index is 2.39. The number of nitrogens with one attached hydrogen (secondary N) is 1. The van der Waals surface area contributed by atoms with Crippen LogP contribution in [0, 0.1) is 0 Å². The Kier molecular flexibility index (Phi) is 5.87. The van der Waals surface area contributed by atoms with Gasteiger partial charge in [-0.2, -0.15) is 0 Å². The Hall–Kier alpha value is -1.88. The Morgan fingerprint density at radius 3 is 2.44 bits per heavy atom. The van der Waals surface area contributed by atoms with E-state index in [4.69, 9.17) is 10.2 Å². The quantitative estimate of drug-likeness (QED) is 0.661. The van der Waals surface area contributed by atoms with Gasteiger partial charge < -0.3 is 15.5 Å². The number of rotatable bonds is 7. The molecule has 0 aliphatic heterocycles. The van der Waals surface area contributed by atoms with Crippen molar-refractivity contribution in [1.82, 2.24) is 5.32 Å². The zero-order chi connectivity index (χ0) is 13.4. The molecule has 1 amide bonds. The number of amides is 1. The van der Waals surface area contributed by atoms with Crippen LogP contribution in [0.2, 0.25) is 0 Å². The number of carboxylic acids is 1. The Morgan fingerprint density at radius 2 is 1.89 bits per heavy atom. The molecule has 5 heteroatoms. The highest BCUT2D eigenvalue weighted by atomic mass is 16.4. The SMILES string of the molecule is O=C(CCc1ccccc1)N[C@@H](CCO)C(=O)O. The van der Waals surface area contributed by atoms with E-state index in [9.17, 15) is 9.59 Å². The van der Waals surface area contributed by atoms with Gasteiger partial charge >= 0.3 is 5.97 Å².